The van der Waals surface area contributed by atoms with E-state index in [-0.39, 0.29) is 30.0 Å². The first-order chi connectivity index (χ1) is 13.0. The number of cyclic esters (lactones) is 1. The fourth-order valence-corrected chi connectivity index (χ4v) is 6.94. The third kappa shape index (κ3) is 5.66. The molecule has 1 aliphatic rings. The number of rotatable bonds is 10. The van der Waals surface area contributed by atoms with Crippen molar-refractivity contribution in [1.82, 2.24) is 0 Å². The molecule has 0 aliphatic carbocycles. The van der Waals surface area contributed by atoms with Crippen molar-refractivity contribution in [1.29, 1.82) is 0 Å². The number of esters is 1. The summed E-state index contributed by atoms with van der Waals surface area (Å²) in [7, 11) is -1.77. The highest BCUT2D eigenvalue weighted by molar-refractivity contribution is 6.73. The minimum atomic E-state index is -1.77. The topological polar surface area (TPSA) is 44.8 Å². The van der Waals surface area contributed by atoms with Gasteiger partial charge in [-0.05, 0) is 30.6 Å². The average Bonchev–Trinajstić information content (AvgIpc) is 2.70. The van der Waals surface area contributed by atoms with Crippen LogP contribution in [0.4, 0.5) is 0 Å². The monoisotopic (exact) mass is 392 g/mol. The molecule has 0 amide bonds. The Morgan fingerprint density at radius 1 is 1.04 bits per heavy atom. The fraction of sp³-hybridized carbons (Fsp3) is 0.682. The molecule has 1 aliphatic heterocycles. The first-order valence-electron chi connectivity index (χ1n) is 10.5. The van der Waals surface area contributed by atoms with Crippen LogP contribution < -0.4 is 0 Å². The molecule has 2 rings (SSSR count). The molecule has 0 saturated carbocycles. The zero-order valence-electron chi connectivity index (χ0n) is 17.6. The fourth-order valence-electron chi connectivity index (χ4n) is 3.95. The van der Waals surface area contributed by atoms with E-state index in [1.807, 2.05) is 25.1 Å². The first kappa shape index (κ1) is 22.1. The number of hydrogen-bond acceptors (Lipinski definition) is 4. The van der Waals surface area contributed by atoms with E-state index in [9.17, 15) is 4.79 Å². The second kappa shape index (κ2) is 10.4. The van der Waals surface area contributed by atoms with Gasteiger partial charge in [0, 0.05) is 12.3 Å². The maximum atomic E-state index is 12.4. The molecular formula is C22H36O4Si. The molecule has 1 saturated heterocycles. The zero-order chi connectivity index (χ0) is 19.9. The highest BCUT2D eigenvalue weighted by atomic mass is 28.4. The molecule has 4 atom stereocenters. The van der Waals surface area contributed by atoms with Crippen LogP contribution in [0, 0.1) is 11.8 Å². The summed E-state index contributed by atoms with van der Waals surface area (Å²) in [5.74, 6) is -0.134. The molecule has 0 unspecified atom stereocenters. The van der Waals surface area contributed by atoms with Gasteiger partial charge < -0.3 is 13.9 Å². The quantitative estimate of drug-likeness (QED) is 0.313. The van der Waals surface area contributed by atoms with Crippen molar-refractivity contribution in [2.24, 2.45) is 11.8 Å². The Bertz CT molecular complexity index is 565. The van der Waals surface area contributed by atoms with Crippen LogP contribution in [0.5, 0.6) is 0 Å². The van der Waals surface area contributed by atoms with Crippen molar-refractivity contribution >= 4 is 14.3 Å². The molecule has 1 aromatic rings. The molecule has 0 N–H and O–H groups in total. The lowest BCUT2D eigenvalue weighted by molar-refractivity contribution is -0.177. The molecule has 5 heteroatoms. The molecule has 0 aromatic heterocycles. The molecule has 0 radical (unpaired) electrons. The van der Waals surface area contributed by atoms with Crippen molar-refractivity contribution in [3.05, 3.63) is 35.9 Å². The van der Waals surface area contributed by atoms with E-state index >= 15 is 0 Å². The Morgan fingerprint density at radius 2 is 1.67 bits per heavy atom. The highest BCUT2D eigenvalue weighted by Crippen LogP contribution is 2.35. The van der Waals surface area contributed by atoms with E-state index in [2.05, 4.69) is 39.8 Å². The number of ether oxygens (including phenoxy) is 2. The van der Waals surface area contributed by atoms with Gasteiger partial charge in [0.25, 0.3) is 0 Å². The minimum absolute atomic E-state index is 0.0445. The predicted molar refractivity (Wildman–Crippen MR) is 111 cm³/mol. The Labute approximate surface area is 165 Å². The van der Waals surface area contributed by atoms with Crippen LogP contribution in [0.1, 0.15) is 46.6 Å². The van der Waals surface area contributed by atoms with Gasteiger partial charge in [0.05, 0.1) is 25.2 Å². The molecule has 0 bridgehead atoms. The Morgan fingerprint density at radius 3 is 2.26 bits per heavy atom. The van der Waals surface area contributed by atoms with Crippen LogP contribution in [-0.2, 0) is 25.3 Å². The summed E-state index contributed by atoms with van der Waals surface area (Å²) >= 11 is 0. The second-order valence-electron chi connectivity index (χ2n) is 7.78. The van der Waals surface area contributed by atoms with Crippen LogP contribution in [-0.4, -0.2) is 33.1 Å². The van der Waals surface area contributed by atoms with Crippen LogP contribution in [0.25, 0.3) is 0 Å². The normalized spacial score (nSPS) is 26.0. The summed E-state index contributed by atoms with van der Waals surface area (Å²) in [6.07, 6.45) is 0.536. The molecule has 0 spiro atoms. The van der Waals surface area contributed by atoms with E-state index in [0.29, 0.717) is 19.6 Å². The summed E-state index contributed by atoms with van der Waals surface area (Å²) in [6.45, 7) is 12.0. The molecule has 4 nitrogen and oxygen atoms in total. The summed E-state index contributed by atoms with van der Waals surface area (Å²) in [5, 5.41) is 0. The van der Waals surface area contributed by atoms with Gasteiger partial charge in [0.1, 0.15) is 6.10 Å². The molecule has 27 heavy (non-hydrogen) atoms. The van der Waals surface area contributed by atoms with E-state index in [4.69, 9.17) is 13.9 Å². The van der Waals surface area contributed by atoms with Gasteiger partial charge in [-0.1, -0.05) is 58.0 Å². The van der Waals surface area contributed by atoms with Gasteiger partial charge in [-0.15, -0.1) is 0 Å². The summed E-state index contributed by atoms with van der Waals surface area (Å²) in [5.41, 5.74) is 1.16. The van der Waals surface area contributed by atoms with Crippen molar-refractivity contribution in [3.63, 3.8) is 0 Å². The smallest absolute Gasteiger partial charge is 0.311 e. The van der Waals surface area contributed by atoms with Crippen molar-refractivity contribution in [2.75, 3.05) is 6.61 Å². The van der Waals surface area contributed by atoms with Gasteiger partial charge in [-0.2, -0.15) is 0 Å². The van der Waals surface area contributed by atoms with E-state index in [1.54, 1.807) is 0 Å². The highest BCUT2D eigenvalue weighted by Gasteiger charge is 2.45. The number of hydrogen-bond donors (Lipinski definition) is 0. The predicted octanol–water partition coefficient (Wildman–Crippen LogP) is 5.18. The van der Waals surface area contributed by atoms with Gasteiger partial charge in [0.2, 0.25) is 0 Å². The lowest BCUT2D eigenvalue weighted by atomic mass is 9.85. The largest absolute Gasteiger partial charge is 0.462 e. The first-order valence-corrected chi connectivity index (χ1v) is 13.0. The molecule has 1 aromatic carbocycles. The van der Waals surface area contributed by atoms with Crippen molar-refractivity contribution in [2.45, 2.75) is 78.0 Å². The Kier molecular flexibility index (Phi) is 8.51. The van der Waals surface area contributed by atoms with Crippen LogP contribution in [0.2, 0.25) is 18.1 Å². The van der Waals surface area contributed by atoms with Gasteiger partial charge in [-0.25, -0.2) is 0 Å². The molecule has 1 fully saturated rings. The van der Waals surface area contributed by atoms with Crippen LogP contribution >= 0.6 is 0 Å². The zero-order valence-corrected chi connectivity index (χ0v) is 18.6. The number of carbonyl (C=O) groups excluding carboxylic acids is 1. The van der Waals surface area contributed by atoms with Crippen LogP contribution in [0.15, 0.2) is 30.3 Å². The second-order valence-corrected chi connectivity index (χ2v) is 12.5. The summed E-state index contributed by atoms with van der Waals surface area (Å²) < 4.78 is 18.3. The maximum absolute atomic E-state index is 12.4. The molecular weight excluding hydrogens is 356 g/mol. The number of carbonyl (C=O) groups is 1. The Hall–Kier alpha value is -1.17. The Balaban J connectivity index is 1.94. The lowest BCUT2D eigenvalue weighted by Gasteiger charge is -2.43. The summed E-state index contributed by atoms with van der Waals surface area (Å²) in [4.78, 5) is 12.4. The molecule has 152 valence electrons. The number of benzene rings is 1. The van der Waals surface area contributed by atoms with Crippen molar-refractivity contribution < 1.29 is 18.7 Å². The van der Waals surface area contributed by atoms with Gasteiger partial charge in [0.15, 0.2) is 8.32 Å². The summed E-state index contributed by atoms with van der Waals surface area (Å²) in [6, 6.07) is 13.4. The third-order valence-corrected chi connectivity index (χ3v) is 10.9. The lowest BCUT2D eigenvalue weighted by Crippen LogP contribution is -2.53. The van der Waals surface area contributed by atoms with E-state index < -0.39 is 8.32 Å². The van der Waals surface area contributed by atoms with E-state index in [1.165, 1.54) is 0 Å². The van der Waals surface area contributed by atoms with E-state index in [0.717, 1.165) is 23.7 Å². The SMILES string of the molecule is CC[Si](CC)(CC)O[C@H]1[C@@H](C)[C@H](CCOCc2ccccc2)OC(=O)[C@@H]1C. The van der Waals surface area contributed by atoms with Crippen LogP contribution in [0.3, 0.4) is 0 Å². The average molecular weight is 393 g/mol. The maximum Gasteiger partial charge on any atom is 0.311 e. The minimum Gasteiger partial charge on any atom is -0.462 e. The van der Waals surface area contributed by atoms with Gasteiger partial charge in [-0.3, -0.25) is 4.79 Å². The standard InChI is InChI=1S/C22H36O4Si/c1-6-27(7-2,8-3)26-21-17(4)20(25-22(23)18(21)5)14-15-24-16-19-12-10-9-11-13-19/h9-13,17-18,20-21H,6-8,14-16H2,1-5H3/t17-,18+,20-,21-/m0/s1. The molecule has 1 heterocycles. The third-order valence-electron chi connectivity index (χ3n) is 6.21. The van der Waals surface area contributed by atoms with Gasteiger partial charge >= 0.3 is 5.97 Å². The van der Waals surface area contributed by atoms with Crippen molar-refractivity contribution in [3.8, 4) is 0 Å².